The van der Waals surface area contributed by atoms with Gasteiger partial charge in [0, 0.05) is 16.8 Å². The molecule has 0 heterocycles. The Labute approximate surface area is 60.1 Å². The Hall–Kier alpha value is -0.274. The summed E-state index contributed by atoms with van der Waals surface area (Å²) in [5.74, 6) is 0. The van der Waals surface area contributed by atoms with Crippen LogP contribution in [0.4, 0.5) is 0 Å². The van der Waals surface area contributed by atoms with Crippen LogP contribution in [0.3, 0.4) is 0 Å². The van der Waals surface area contributed by atoms with E-state index in [4.69, 9.17) is 0 Å². The van der Waals surface area contributed by atoms with E-state index in [0.717, 1.165) is 0 Å². The fourth-order valence-electron chi connectivity index (χ4n) is 0.483. The Bertz CT molecular complexity index is 134. The van der Waals surface area contributed by atoms with E-state index in [1.54, 1.807) is 0 Å². The molecule has 0 saturated heterocycles. The van der Waals surface area contributed by atoms with Gasteiger partial charge in [0.2, 0.25) is 0 Å². The van der Waals surface area contributed by atoms with Gasteiger partial charge in [-0.05, 0) is 0 Å². The molecule has 0 spiro atoms. The minimum atomic E-state index is 0. The van der Waals surface area contributed by atoms with Crippen LogP contribution in [0.15, 0.2) is 24.3 Å². The van der Waals surface area contributed by atoms with Gasteiger partial charge < -0.3 is 0 Å². The van der Waals surface area contributed by atoms with Crippen LogP contribution in [-0.2, 0) is 16.8 Å². The van der Waals surface area contributed by atoms with Gasteiger partial charge in [-0.3, -0.25) is 0 Å². The summed E-state index contributed by atoms with van der Waals surface area (Å²) in [5.41, 5.74) is 1.20. The molecule has 1 heteroatoms. The zero-order chi connectivity index (χ0) is 5.11. The van der Waals surface area contributed by atoms with Crippen molar-refractivity contribution in [2.45, 2.75) is 6.92 Å². The van der Waals surface area contributed by atoms with Gasteiger partial charge in [0.1, 0.15) is 0 Å². The van der Waals surface area contributed by atoms with E-state index in [2.05, 4.69) is 6.07 Å². The number of benzene rings is 1. The van der Waals surface area contributed by atoms with Crippen molar-refractivity contribution >= 4 is 0 Å². The summed E-state index contributed by atoms with van der Waals surface area (Å²) in [7, 11) is 0. The van der Waals surface area contributed by atoms with Crippen molar-refractivity contribution in [3.63, 3.8) is 0 Å². The van der Waals surface area contributed by atoms with Gasteiger partial charge in [-0.1, -0.05) is 6.92 Å². The van der Waals surface area contributed by atoms with Crippen LogP contribution >= 0.6 is 0 Å². The molecule has 0 saturated carbocycles. The van der Waals surface area contributed by atoms with Crippen molar-refractivity contribution in [2.75, 3.05) is 0 Å². The molecule has 0 aliphatic heterocycles. The van der Waals surface area contributed by atoms with Crippen LogP contribution in [0.1, 0.15) is 5.56 Å². The molecule has 0 atom stereocenters. The third-order valence-corrected chi connectivity index (χ3v) is 0.865. The molecule has 0 bridgehead atoms. The largest absolute Gasteiger partial charge is 0.181 e. The third kappa shape index (κ3) is 2.14. The van der Waals surface area contributed by atoms with Gasteiger partial charge in [-0.15, -0.1) is 0 Å². The summed E-state index contributed by atoms with van der Waals surface area (Å²) >= 11 is 0. The molecule has 8 heavy (non-hydrogen) atoms. The maximum atomic E-state index is 3.03. The van der Waals surface area contributed by atoms with Crippen LogP contribution < -0.4 is 0 Å². The molecule has 0 aromatic heterocycles. The number of rotatable bonds is 0. The van der Waals surface area contributed by atoms with Crippen molar-refractivity contribution in [1.29, 1.82) is 0 Å². The standard InChI is InChI=1S/C7H7.Co/c1-7-5-3-2-4-6-7;/h2-5H,1H3;/q-1;. The van der Waals surface area contributed by atoms with Crippen LogP contribution in [-0.4, -0.2) is 0 Å². The first kappa shape index (κ1) is 7.73. The minimum Gasteiger partial charge on any atom is -0.181 e. The number of aryl methyl sites for hydroxylation is 1. The molecule has 1 aromatic rings. The molecule has 0 fully saturated rings. The molecule has 0 unspecified atom stereocenters. The topological polar surface area (TPSA) is 0 Å². The second kappa shape index (κ2) is 3.69. The summed E-state index contributed by atoms with van der Waals surface area (Å²) in [6.45, 7) is 2.03. The molecular weight excluding hydrogens is 143 g/mol. The van der Waals surface area contributed by atoms with Crippen LogP contribution in [0.2, 0.25) is 0 Å². The Balaban J connectivity index is 0.000000490. The van der Waals surface area contributed by atoms with Crippen molar-refractivity contribution in [3.05, 3.63) is 35.9 Å². The second-order valence-corrected chi connectivity index (χ2v) is 1.55. The summed E-state index contributed by atoms with van der Waals surface area (Å²) < 4.78 is 0. The van der Waals surface area contributed by atoms with E-state index >= 15 is 0 Å². The van der Waals surface area contributed by atoms with E-state index in [1.807, 2.05) is 31.2 Å². The summed E-state index contributed by atoms with van der Waals surface area (Å²) in [6.07, 6.45) is 0. The number of hydrogen-bond donors (Lipinski definition) is 0. The average molecular weight is 150 g/mol. The van der Waals surface area contributed by atoms with E-state index in [1.165, 1.54) is 5.56 Å². The smallest absolute Gasteiger partial charge is 0 e. The summed E-state index contributed by atoms with van der Waals surface area (Å²) in [4.78, 5) is 0. The van der Waals surface area contributed by atoms with Gasteiger partial charge in [0.05, 0.1) is 0 Å². The van der Waals surface area contributed by atoms with E-state index in [9.17, 15) is 0 Å². The SMILES string of the molecule is Cc1[c-]cccc1.[Co]. The Morgan fingerprint density at radius 3 is 2.38 bits per heavy atom. The first-order valence-electron chi connectivity index (χ1n) is 2.33. The Kier molecular flexibility index (Phi) is 3.57. The van der Waals surface area contributed by atoms with E-state index in [-0.39, 0.29) is 16.8 Å². The monoisotopic (exact) mass is 150 g/mol. The molecule has 0 aliphatic rings. The second-order valence-electron chi connectivity index (χ2n) is 1.55. The van der Waals surface area contributed by atoms with Crippen molar-refractivity contribution < 1.29 is 16.8 Å². The van der Waals surface area contributed by atoms with Crippen LogP contribution in [0.25, 0.3) is 0 Å². The van der Waals surface area contributed by atoms with Crippen LogP contribution in [0, 0.1) is 13.0 Å². The Morgan fingerprint density at radius 1 is 1.38 bits per heavy atom. The molecule has 45 valence electrons. The molecule has 1 aromatic carbocycles. The minimum absolute atomic E-state index is 0. The third-order valence-electron chi connectivity index (χ3n) is 0.865. The fraction of sp³-hybridized carbons (Fsp3) is 0.143. The maximum absolute atomic E-state index is 3.03. The maximum Gasteiger partial charge on any atom is 0 e. The van der Waals surface area contributed by atoms with Gasteiger partial charge in [-0.2, -0.15) is 35.9 Å². The van der Waals surface area contributed by atoms with Crippen molar-refractivity contribution in [3.8, 4) is 0 Å². The molecule has 1 rings (SSSR count). The molecule has 1 radical (unpaired) electrons. The summed E-state index contributed by atoms with van der Waals surface area (Å²) in [6, 6.07) is 10.9. The Morgan fingerprint density at radius 2 is 2.12 bits per heavy atom. The zero-order valence-electron chi connectivity index (χ0n) is 4.64. The molecular formula is C7H7Co-. The molecule has 0 nitrogen and oxygen atoms in total. The predicted octanol–water partition coefficient (Wildman–Crippen LogP) is 1.79. The van der Waals surface area contributed by atoms with Crippen molar-refractivity contribution in [1.82, 2.24) is 0 Å². The zero-order valence-corrected chi connectivity index (χ0v) is 5.68. The average Bonchev–Trinajstić information content (AvgIpc) is 1.69. The van der Waals surface area contributed by atoms with E-state index < -0.39 is 0 Å². The van der Waals surface area contributed by atoms with Gasteiger partial charge >= 0.3 is 0 Å². The van der Waals surface area contributed by atoms with E-state index in [0.29, 0.717) is 0 Å². The number of hydrogen-bond acceptors (Lipinski definition) is 0. The van der Waals surface area contributed by atoms with Gasteiger partial charge in [-0.25, -0.2) is 0 Å². The predicted molar refractivity (Wildman–Crippen MR) is 30.0 cm³/mol. The summed E-state index contributed by atoms with van der Waals surface area (Å²) in [5, 5.41) is 0. The molecule has 0 N–H and O–H groups in total. The van der Waals surface area contributed by atoms with Crippen molar-refractivity contribution in [2.24, 2.45) is 0 Å². The molecule has 0 aliphatic carbocycles. The quantitative estimate of drug-likeness (QED) is 0.494. The van der Waals surface area contributed by atoms with Gasteiger partial charge in [0.15, 0.2) is 0 Å². The molecule has 0 amide bonds. The first-order chi connectivity index (χ1) is 3.39. The normalized spacial score (nSPS) is 7.62. The fourth-order valence-corrected chi connectivity index (χ4v) is 0.483. The van der Waals surface area contributed by atoms with Crippen LogP contribution in [0.5, 0.6) is 0 Å². The first-order valence-corrected chi connectivity index (χ1v) is 2.33. The van der Waals surface area contributed by atoms with Gasteiger partial charge in [0.25, 0.3) is 0 Å².